The number of fused-ring (bicyclic) bond motifs is 2. The van der Waals surface area contributed by atoms with Crippen LogP contribution in [-0.2, 0) is 13.0 Å². The lowest BCUT2D eigenvalue weighted by atomic mass is 10.1. The predicted octanol–water partition coefficient (Wildman–Crippen LogP) is 2.53. The predicted molar refractivity (Wildman–Crippen MR) is 86.8 cm³/mol. The van der Waals surface area contributed by atoms with E-state index >= 15 is 0 Å². The van der Waals surface area contributed by atoms with Gasteiger partial charge in [-0.3, -0.25) is 5.10 Å². The molecular weight excluding hydrogens is 292 g/mol. The number of hydrogen-bond acceptors (Lipinski definition) is 4. The topological polar surface area (TPSA) is 82.1 Å². The Morgan fingerprint density at radius 2 is 2.22 bits per heavy atom. The molecule has 3 aromatic rings. The summed E-state index contributed by atoms with van der Waals surface area (Å²) in [5.74, 6) is -0.897. The summed E-state index contributed by atoms with van der Waals surface area (Å²) in [7, 11) is 0. The maximum absolute atomic E-state index is 11.2. The second-order valence-electron chi connectivity index (χ2n) is 5.84. The second kappa shape index (κ2) is 5.08. The monoisotopic (exact) mass is 308 g/mol. The van der Waals surface area contributed by atoms with Gasteiger partial charge in [0.05, 0.1) is 17.8 Å². The molecule has 4 rings (SSSR count). The van der Waals surface area contributed by atoms with E-state index in [0.717, 1.165) is 41.1 Å². The summed E-state index contributed by atoms with van der Waals surface area (Å²) in [4.78, 5) is 17.9. The molecule has 23 heavy (non-hydrogen) atoms. The van der Waals surface area contributed by atoms with Crippen molar-refractivity contribution in [1.82, 2.24) is 15.2 Å². The molecule has 0 aliphatic carbocycles. The van der Waals surface area contributed by atoms with Gasteiger partial charge in [-0.2, -0.15) is 5.10 Å². The lowest BCUT2D eigenvalue weighted by molar-refractivity contribution is 0.0697. The number of pyridine rings is 1. The number of carboxylic acids is 1. The third-order valence-corrected chi connectivity index (χ3v) is 4.34. The lowest BCUT2D eigenvalue weighted by Gasteiger charge is -2.19. The van der Waals surface area contributed by atoms with Crippen molar-refractivity contribution < 1.29 is 9.90 Å². The normalized spacial score (nSPS) is 13.5. The van der Waals surface area contributed by atoms with Gasteiger partial charge in [0.2, 0.25) is 0 Å². The fourth-order valence-electron chi connectivity index (χ4n) is 3.09. The summed E-state index contributed by atoms with van der Waals surface area (Å²) >= 11 is 0. The first-order valence-electron chi connectivity index (χ1n) is 7.53. The van der Waals surface area contributed by atoms with E-state index in [0.29, 0.717) is 12.1 Å². The van der Waals surface area contributed by atoms with Crippen molar-refractivity contribution in [2.75, 3.05) is 11.4 Å². The zero-order valence-corrected chi connectivity index (χ0v) is 12.7. The standard InChI is InChI=1S/C17H16N4O2/c1-10-14-5-4-13(18-16(14)20-19-10)9-21-7-6-11-2-3-12(17(22)23)8-15(11)21/h2-5,8H,6-7,9H2,1H3,(H,22,23)(H,18,19,20). The molecule has 0 atom stereocenters. The molecule has 0 spiro atoms. The molecule has 0 fully saturated rings. The number of hydrogen-bond donors (Lipinski definition) is 2. The minimum absolute atomic E-state index is 0.321. The van der Waals surface area contributed by atoms with Gasteiger partial charge in [0.1, 0.15) is 0 Å². The van der Waals surface area contributed by atoms with Gasteiger partial charge in [0.25, 0.3) is 0 Å². The minimum atomic E-state index is -0.897. The van der Waals surface area contributed by atoms with E-state index in [1.165, 1.54) is 5.56 Å². The lowest BCUT2D eigenvalue weighted by Crippen LogP contribution is -2.20. The van der Waals surface area contributed by atoms with Crippen molar-refractivity contribution in [2.45, 2.75) is 19.9 Å². The van der Waals surface area contributed by atoms with E-state index in [2.05, 4.69) is 20.1 Å². The third kappa shape index (κ3) is 2.32. The molecule has 0 amide bonds. The van der Waals surface area contributed by atoms with Crippen LogP contribution in [0.25, 0.3) is 11.0 Å². The molecule has 2 aromatic heterocycles. The van der Waals surface area contributed by atoms with E-state index in [1.807, 2.05) is 25.1 Å². The third-order valence-electron chi connectivity index (χ3n) is 4.34. The number of aryl methyl sites for hydroxylation is 1. The van der Waals surface area contributed by atoms with Crippen LogP contribution in [0.3, 0.4) is 0 Å². The largest absolute Gasteiger partial charge is 0.478 e. The molecule has 0 saturated carbocycles. The fraction of sp³-hybridized carbons (Fsp3) is 0.235. The van der Waals surface area contributed by atoms with Crippen LogP contribution in [0.1, 0.15) is 27.3 Å². The Bertz CT molecular complexity index is 916. The van der Waals surface area contributed by atoms with Gasteiger partial charge in [0.15, 0.2) is 5.65 Å². The Hall–Kier alpha value is -2.89. The highest BCUT2D eigenvalue weighted by Crippen LogP contribution is 2.30. The van der Waals surface area contributed by atoms with Gasteiger partial charge < -0.3 is 10.0 Å². The molecule has 3 heterocycles. The van der Waals surface area contributed by atoms with Crippen LogP contribution in [0, 0.1) is 6.92 Å². The van der Waals surface area contributed by atoms with Gasteiger partial charge in [0, 0.05) is 23.3 Å². The maximum Gasteiger partial charge on any atom is 0.335 e. The molecule has 116 valence electrons. The highest BCUT2D eigenvalue weighted by Gasteiger charge is 2.21. The zero-order valence-electron chi connectivity index (χ0n) is 12.7. The van der Waals surface area contributed by atoms with Crippen LogP contribution >= 0.6 is 0 Å². The van der Waals surface area contributed by atoms with E-state index < -0.39 is 5.97 Å². The Balaban J connectivity index is 1.65. The SMILES string of the molecule is Cc1[nH]nc2nc(CN3CCc4ccc(C(=O)O)cc43)ccc12. The van der Waals surface area contributed by atoms with Gasteiger partial charge in [-0.05, 0) is 43.2 Å². The van der Waals surface area contributed by atoms with Crippen molar-refractivity contribution >= 4 is 22.7 Å². The second-order valence-corrected chi connectivity index (χ2v) is 5.84. The number of rotatable bonds is 3. The van der Waals surface area contributed by atoms with Crippen molar-refractivity contribution in [3.8, 4) is 0 Å². The maximum atomic E-state index is 11.2. The molecule has 0 radical (unpaired) electrons. The molecule has 1 aliphatic heterocycles. The minimum Gasteiger partial charge on any atom is -0.478 e. The number of carboxylic acid groups (broad SMARTS) is 1. The highest BCUT2D eigenvalue weighted by molar-refractivity contribution is 5.89. The Morgan fingerprint density at radius 3 is 3.04 bits per heavy atom. The van der Waals surface area contributed by atoms with Gasteiger partial charge in [-0.15, -0.1) is 0 Å². The first-order valence-corrected chi connectivity index (χ1v) is 7.53. The number of anilines is 1. The quantitative estimate of drug-likeness (QED) is 0.777. The van der Waals surface area contributed by atoms with Crippen LogP contribution in [-0.4, -0.2) is 32.8 Å². The summed E-state index contributed by atoms with van der Waals surface area (Å²) in [6, 6.07) is 9.36. The Morgan fingerprint density at radius 1 is 1.35 bits per heavy atom. The molecule has 1 aliphatic rings. The molecule has 0 saturated heterocycles. The van der Waals surface area contributed by atoms with Gasteiger partial charge in [-0.1, -0.05) is 6.07 Å². The molecule has 2 N–H and O–H groups in total. The zero-order chi connectivity index (χ0) is 16.0. The van der Waals surface area contributed by atoms with Crippen LogP contribution in [0.2, 0.25) is 0 Å². The number of nitrogens with zero attached hydrogens (tertiary/aromatic N) is 3. The average Bonchev–Trinajstić information content (AvgIpc) is 3.11. The number of aromatic amines is 1. The summed E-state index contributed by atoms with van der Waals surface area (Å²) in [6.07, 6.45) is 0.930. The van der Waals surface area contributed by atoms with Crippen LogP contribution in [0.5, 0.6) is 0 Å². The molecule has 0 unspecified atom stereocenters. The average molecular weight is 308 g/mol. The Labute approximate surface area is 132 Å². The summed E-state index contributed by atoms with van der Waals surface area (Å²) in [6.45, 7) is 3.50. The van der Waals surface area contributed by atoms with Gasteiger partial charge in [-0.25, -0.2) is 9.78 Å². The smallest absolute Gasteiger partial charge is 0.335 e. The first kappa shape index (κ1) is 13.8. The fourth-order valence-corrected chi connectivity index (χ4v) is 3.09. The van der Waals surface area contributed by atoms with Crippen molar-refractivity contribution in [3.63, 3.8) is 0 Å². The van der Waals surface area contributed by atoms with E-state index in [9.17, 15) is 9.90 Å². The summed E-state index contributed by atoms with van der Waals surface area (Å²) in [5, 5.41) is 17.3. The molecular formula is C17H16N4O2. The van der Waals surface area contributed by atoms with Gasteiger partial charge >= 0.3 is 5.97 Å². The molecule has 6 heteroatoms. The van der Waals surface area contributed by atoms with Crippen LogP contribution in [0.4, 0.5) is 5.69 Å². The number of benzene rings is 1. The molecule has 1 aromatic carbocycles. The Kier molecular flexibility index (Phi) is 3.04. The summed E-state index contributed by atoms with van der Waals surface area (Å²) < 4.78 is 0. The number of aromatic carboxylic acids is 1. The van der Waals surface area contributed by atoms with Crippen molar-refractivity contribution in [3.05, 3.63) is 52.8 Å². The molecule has 6 nitrogen and oxygen atoms in total. The van der Waals surface area contributed by atoms with E-state index in [1.54, 1.807) is 12.1 Å². The highest BCUT2D eigenvalue weighted by atomic mass is 16.4. The number of aromatic nitrogens is 3. The van der Waals surface area contributed by atoms with Crippen LogP contribution in [0.15, 0.2) is 30.3 Å². The number of carbonyl (C=O) groups is 1. The number of H-pyrrole nitrogens is 1. The first-order chi connectivity index (χ1) is 11.1. The van der Waals surface area contributed by atoms with Crippen molar-refractivity contribution in [2.24, 2.45) is 0 Å². The van der Waals surface area contributed by atoms with E-state index in [4.69, 9.17) is 0 Å². The van der Waals surface area contributed by atoms with E-state index in [-0.39, 0.29) is 0 Å². The van der Waals surface area contributed by atoms with Crippen LogP contribution < -0.4 is 4.90 Å². The number of nitrogens with one attached hydrogen (secondary N) is 1. The summed E-state index contributed by atoms with van der Waals surface area (Å²) in [5.41, 5.74) is 5.16. The molecule has 0 bridgehead atoms. The van der Waals surface area contributed by atoms with Crippen molar-refractivity contribution in [1.29, 1.82) is 0 Å².